The van der Waals surface area contributed by atoms with E-state index in [1.54, 1.807) is 37.4 Å². The van der Waals surface area contributed by atoms with Gasteiger partial charge in [0.25, 0.3) is 15.9 Å². The molecule has 0 aliphatic carbocycles. The first kappa shape index (κ1) is 22.2. The highest BCUT2D eigenvalue weighted by molar-refractivity contribution is 7.92. The molecule has 0 aliphatic heterocycles. The summed E-state index contributed by atoms with van der Waals surface area (Å²) in [5.74, 6) is -0.325. The fraction of sp³-hybridized carbons (Fsp3) is 0.136. The lowest BCUT2D eigenvalue weighted by molar-refractivity contribution is 0.0785. The summed E-state index contributed by atoms with van der Waals surface area (Å²) in [4.78, 5) is 14.2. The fourth-order valence-electron chi connectivity index (χ4n) is 2.92. The lowest BCUT2D eigenvalue weighted by Gasteiger charge is -2.18. The number of halogens is 2. The molecule has 3 aromatic carbocycles. The molecule has 5 nitrogen and oxygen atoms in total. The summed E-state index contributed by atoms with van der Waals surface area (Å²) in [6.45, 7) is 2.21. The molecular weight excluding hydrogens is 443 g/mol. The number of nitrogens with zero attached hydrogens (tertiary/aromatic N) is 1. The van der Waals surface area contributed by atoms with E-state index in [1.165, 1.54) is 23.1 Å². The minimum absolute atomic E-state index is 0.0343. The third kappa shape index (κ3) is 5.33. The highest BCUT2D eigenvalue weighted by Crippen LogP contribution is 2.26. The topological polar surface area (TPSA) is 66.5 Å². The monoisotopic (exact) mass is 462 g/mol. The molecule has 3 rings (SSSR count). The van der Waals surface area contributed by atoms with E-state index in [9.17, 15) is 13.2 Å². The summed E-state index contributed by atoms with van der Waals surface area (Å²) in [5, 5.41) is 0.647. The van der Waals surface area contributed by atoms with Gasteiger partial charge in [-0.15, -0.1) is 0 Å². The minimum Gasteiger partial charge on any atom is -0.337 e. The predicted octanol–water partition coefficient (Wildman–Crippen LogP) is 5.37. The molecule has 3 aromatic rings. The molecule has 1 N–H and O–H groups in total. The molecule has 0 fully saturated rings. The maximum atomic E-state index is 12.9. The molecule has 0 bridgehead atoms. The van der Waals surface area contributed by atoms with Crippen LogP contribution < -0.4 is 4.72 Å². The van der Waals surface area contributed by atoms with Gasteiger partial charge in [-0.3, -0.25) is 9.52 Å². The number of amides is 1. The van der Waals surface area contributed by atoms with Gasteiger partial charge in [0.05, 0.1) is 5.02 Å². The van der Waals surface area contributed by atoms with Crippen LogP contribution >= 0.6 is 23.2 Å². The van der Waals surface area contributed by atoms with Crippen molar-refractivity contribution in [3.63, 3.8) is 0 Å². The maximum Gasteiger partial charge on any atom is 0.263 e. The van der Waals surface area contributed by atoms with Crippen LogP contribution in [0.15, 0.2) is 71.6 Å². The Kier molecular flexibility index (Phi) is 6.71. The number of carbonyl (C=O) groups is 1. The van der Waals surface area contributed by atoms with E-state index in [2.05, 4.69) is 4.72 Å². The van der Waals surface area contributed by atoms with E-state index in [0.29, 0.717) is 17.3 Å². The van der Waals surface area contributed by atoms with Crippen LogP contribution in [0.25, 0.3) is 0 Å². The van der Waals surface area contributed by atoms with Crippen LogP contribution in [-0.4, -0.2) is 26.3 Å². The Morgan fingerprint density at radius 2 is 1.70 bits per heavy atom. The molecule has 1 amide bonds. The largest absolute Gasteiger partial charge is 0.337 e. The summed E-state index contributed by atoms with van der Waals surface area (Å²) in [5.41, 5.74) is 2.45. The summed E-state index contributed by atoms with van der Waals surface area (Å²) < 4.78 is 28.2. The molecule has 0 saturated carbocycles. The molecule has 30 heavy (non-hydrogen) atoms. The zero-order valence-corrected chi connectivity index (χ0v) is 18.7. The third-order valence-electron chi connectivity index (χ3n) is 4.42. The van der Waals surface area contributed by atoms with Crippen LogP contribution in [0, 0.1) is 6.92 Å². The maximum absolute atomic E-state index is 12.9. The summed E-state index contributed by atoms with van der Waals surface area (Å²) in [6, 6.07) is 18.3. The molecule has 8 heteroatoms. The van der Waals surface area contributed by atoms with Gasteiger partial charge in [-0.1, -0.05) is 47.5 Å². The van der Waals surface area contributed by atoms with Gasteiger partial charge in [0, 0.05) is 29.9 Å². The predicted molar refractivity (Wildman–Crippen MR) is 121 cm³/mol. The quantitative estimate of drug-likeness (QED) is 0.534. The van der Waals surface area contributed by atoms with Gasteiger partial charge in [0.1, 0.15) is 4.90 Å². The molecule has 156 valence electrons. The number of sulfonamides is 1. The Bertz CT molecular complexity index is 1180. The van der Waals surface area contributed by atoms with E-state index >= 15 is 0 Å². The van der Waals surface area contributed by atoms with Crippen LogP contribution in [0.5, 0.6) is 0 Å². The van der Waals surface area contributed by atoms with E-state index < -0.39 is 10.0 Å². The molecule has 0 aliphatic rings. The second kappa shape index (κ2) is 9.08. The van der Waals surface area contributed by atoms with Crippen molar-refractivity contribution in [2.45, 2.75) is 18.4 Å². The highest BCUT2D eigenvalue weighted by atomic mass is 35.5. The fourth-order valence-corrected chi connectivity index (χ4v) is 4.62. The number of anilines is 1. The SMILES string of the molecule is Cc1cccc(NS(=O)(=O)c2cc(C(=O)N(C)Cc3ccc(Cl)cc3)ccc2Cl)c1. The van der Waals surface area contributed by atoms with Gasteiger partial charge in [-0.25, -0.2) is 8.42 Å². The molecule has 0 heterocycles. The van der Waals surface area contributed by atoms with Crippen molar-refractivity contribution in [3.8, 4) is 0 Å². The van der Waals surface area contributed by atoms with Crippen LogP contribution in [0.2, 0.25) is 10.0 Å². The lowest BCUT2D eigenvalue weighted by atomic mass is 10.1. The Morgan fingerprint density at radius 3 is 2.37 bits per heavy atom. The zero-order valence-electron chi connectivity index (χ0n) is 16.4. The van der Waals surface area contributed by atoms with Crippen molar-refractivity contribution in [3.05, 3.63) is 93.5 Å². The molecule has 0 unspecified atom stereocenters. The van der Waals surface area contributed by atoms with Crippen LogP contribution in [-0.2, 0) is 16.6 Å². The van der Waals surface area contributed by atoms with Crippen molar-refractivity contribution in [2.75, 3.05) is 11.8 Å². The normalized spacial score (nSPS) is 11.2. The van der Waals surface area contributed by atoms with Gasteiger partial charge in [-0.2, -0.15) is 0 Å². The third-order valence-corrected chi connectivity index (χ3v) is 6.53. The first-order valence-electron chi connectivity index (χ1n) is 9.05. The van der Waals surface area contributed by atoms with Gasteiger partial charge >= 0.3 is 0 Å². The number of nitrogens with one attached hydrogen (secondary N) is 1. The standard InChI is InChI=1S/C22H20Cl2N2O3S/c1-15-4-3-5-19(12-15)25-30(28,29)21-13-17(8-11-20(21)24)22(27)26(2)14-16-6-9-18(23)10-7-16/h3-13,25H,14H2,1-2H3. The molecule has 0 atom stereocenters. The molecule has 0 aromatic heterocycles. The summed E-state index contributed by atoms with van der Waals surface area (Å²) in [6.07, 6.45) is 0. The van der Waals surface area contributed by atoms with E-state index in [4.69, 9.17) is 23.2 Å². The number of hydrogen-bond acceptors (Lipinski definition) is 3. The first-order chi connectivity index (χ1) is 14.2. The smallest absolute Gasteiger partial charge is 0.263 e. The van der Waals surface area contributed by atoms with E-state index in [0.717, 1.165) is 11.1 Å². The molecule has 0 spiro atoms. The van der Waals surface area contributed by atoms with Gasteiger partial charge in [0.2, 0.25) is 0 Å². The van der Waals surface area contributed by atoms with Crippen molar-refractivity contribution in [1.82, 2.24) is 4.90 Å². The number of aryl methyl sites for hydroxylation is 1. The van der Waals surface area contributed by atoms with Crippen molar-refractivity contribution in [1.29, 1.82) is 0 Å². The molecular formula is C22H20Cl2N2O3S. The Labute approximate surface area is 186 Å². The average Bonchev–Trinajstić information content (AvgIpc) is 2.69. The zero-order chi connectivity index (χ0) is 21.9. The molecule has 0 radical (unpaired) electrons. The van der Waals surface area contributed by atoms with Crippen LogP contribution in [0.4, 0.5) is 5.69 Å². The number of carbonyl (C=O) groups excluding carboxylic acids is 1. The second-order valence-corrected chi connectivity index (χ2v) is 9.40. The number of hydrogen-bond donors (Lipinski definition) is 1. The van der Waals surface area contributed by atoms with Crippen molar-refractivity contribution >= 4 is 44.8 Å². The number of benzene rings is 3. The Morgan fingerprint density at radius 1 is 1.00 bits per heavy atom. The van der Waals surface area contributed by atoms with Crippen LogP contribution in [0.1, 0.15) is 21.5 Å². The lowest BCUT2D eigenvalue weighted by Crippen LogP contribution is -2.26. The Hall–Kier alpha value is -2.54. The molecule has 0 saturated heterocycles. The van der Waals surface area contributed by atoms with Gasteiger partial charge in [0.15, 0.2) is 0 Å². The summed E-state index contributed by atoms with van der Waals surface area (Å²) >= 11 is 12.0. The van der Waals surface area contributed by atoms with Crippen molar-refractivity contribution < 1.29 is 13.2 Å². The van der Waals surface area contributed by atoms with Gasteiger partial charge in [-0.05, 0) is 60.5 Å². The summed E-state index contributed by atoms with van der Waals surface area (Å²) in [7, 11) is -2.33. The Balaban J connectivity index is 1.84. The van der Waals surface area contributed by atoms with Crippen molar-refractivity contribution in [2.24, 2.45) is 0 Å². The minimum atomic E-state index is -3.97. The van der Waals surface area contributed by atoms with Crippen LogP contribution in [0.3, 0.4) is 0 Å². The number of rotatable bonds is 6. The van der Waals surface area contributed by atoms with Gasteiger partial charge < -0.3 is 4.90 Å². The van der Waals surface area contributed by atoms with E-state index in [-0.39, 0.29) is 21.4 Å². The van der Waals surface area contributed by atoms with E-state index in [1.807, 2.05) is 25.1 Å². The highest BCUT2D eigenvalue weighted by Gasteiger charge is 2.22. The second-order valence-electron chi connectivity index (χ2n) is 6.91. The first-order valence-corrected chi connectivity index (χ1v) is 11.3. The average molecular weight is 463 g/mol.